The highest BCUT2D eigenvalue weighted by Crippen LogP contribution is 2.22. The van der Waals surface area contributed by atoms with Gasteiger partial charge in [0.25, 0.3) is 5.56 Å². The van der Waals surface area contributed by atoms with E-state index in [0.29, 0.717) is 5.82 Å². The molecule has 1 atom stereocenters. The fourth-order valence-corrected chi connectivity index (χ4v) is 1.63. The number of methoxy groups -OCH3 is 1. The predicted octanol–water partition coefficient (Wildman–Crippen LogP) is 2.24. The zero-order chi connectivity index (χ0) is 12.3. The van der Waals surface area contributed by atoms with Crippen LogP contribution in [0.2, 0.25) is 0 Å². The molecule has 1 rings (SSSR count). The van der Waals surface area contributed by atoms with Crippen molar-refractivity contribution in [1.82, 2.24) is 9.97 Å². The number of nitrogens with one attached hydrogen (secondary N) is 1. The van der Waals surface area contributed by atoms with E-state index in [-0.39, 0.29) is 23.5 Å². The van der Waals surface area contributed by atoms with Gasteiger partial charge in [0.2, 0.25) is 0 Å². The molecule has 0 aliphatic carbocycles. The van der Waals surface area contributed by atoms with E-state index in [0.717, 1.165) is 5.69 Å². The van der Waals surface area contributed by atoms with E-state index in [9.17, 15) is 4.79 Å². The van der Waals surface area contributed by atoms with Crippen molar-refractivity contribution in [3.05, 3.63) is 27.9 Å². The van der Waals surface area contributed by atoms with Crippen molar-refractivity contribution in [1.29, 1.82) is 0 Å². The van der Waals surface area contributed by atoms with Gasteiger partial charge < -0.3 is 9.72 Å². The molecule has 0 aliphatic rings. The summed E-state index contributed by atoms with van der Waals surface area (Å²) in [6.07, 6.45) is -0.161. The Morgan fingerprint density at radius 3 is 2.38 bits per heavy atom. The minimum absolute atomic E-state index is 0.114. The summed E-state index contributed by atoms with van der Waals surface area (Å²) in [4.78, 5) is 18.7. The van der Waals surface area contributed by atoms with Gasteiger partial charge in [0.15, 0.2) is 0 Å². The molecule has 90 valence electrons. The molecule has 4 heteroatoms. The van der Waals surface area contributed by atoms with Crippen LogP contribution in [-0.4, -0.2) is 17.1 Å². The number of nitrogens with zero attached hydrogens (tertiary/aromatic N) is 1. The molecule has 0 fully saturated rings. The second kappa shape index (κ2) is 5.25. The number of hydrogen-bond acceptors (Lipinski definition) is 3. The van der Waals surface area contributed by atoms with Crippen molar-refractivity contribution >= 4 is 0 Å². The number of aromatic nitrogens is 2. The third-order valence-corrected chi connectivity index (χ3v) is 2.50. The van der Waals surface area contributed by atoms with Crippen molar-refractivity contribution in [3.8, 4) is 0 Å². The first-order chi connectivity index (χ1) is 7.45. The van der Waals surface area contributed by atoms with Crippen LogP contribution in [0.3, 0.4) is 0 Å². The van der Waals surface area contributed by atoms with E-state index in [1.165, 1.54) is 0 Å². The lowest BCUT2D eigenvalue weighted by molar-refractivity contribution is 0.0570. The molecule has 0 amide bonds. The number of H-pyrrole nitrogens is 1. The summed E-state index contributed by atoms with van der Waals surface area (Å²) in [6.45, 7) is 8.11. The molecule has 16 heavy (non-hydrogen) atoms. The summed E-state index contributed by atoms with van der Waals surface area (Å²) in [5, 5.41) is 0. The van der Waals surface area contributed by atoms with Crippen molar-refractivity contribution in [3.63, 3.8) is 0 Å². The molecule has 1 N–H and O–H groups in total. The molecule has 1 aromatic heterocycles. The van der Waals surface area contributed by atoms with Crippen LogP contribution >= 0.6 is 0 Å². The van der Waals surface area contributed by atoms with Crippen LogP contribution in [0.5, 0.6) is 0 Å². The molecule has 0 radical (unpaired) electrons. The normalized spacial score (nSPS) is 13.4. The Morgan fingerprint density at radius 1 is 1.31 bits per heavy atom. The largest absolute Gasteiger partial charge is 0.373 e. The average molecular weight is 224 g/mol. The van der Waals surface area contributed by atoms with Crippen LogP contribution < -0.4 is 5.56 Å². The van der Waals surface area contributed by atoms with E-state index in [1.807, 2.05) is 27.7 Å². The molecule has 0 bridgehead atoms. The van der Waals surface area contributed by atoms with E-state index in [2.05, 4.69) is 9.97 Å². The monoisotopic (exact) mass is 224 g/mol. The van der Waals surface area contributed by atoms with Crippen LogP contribution in [-0.2, 0) is 4.74 Å². The summed E-state index contributed by atoms with van der Waals surface area (Å²) in [7, 11) is 1.63. The predicted molar refractivity (Wildman–Crippen MR) is 63.5 cm³/mol. The number of hydrogen-bond donors (Lipinski definition) is 1. The minimum Gasteiger partial charge on any atom is -0.373 e. The van der Waals surface area contributed by atoms with Crippen LogP contribution in [0.1, 0.15) is 51.2 Å². The minimum atomic E-state index is -0.161. The third-order valence-electron chi connectivity index (χ3n) is 2.50. The molecule has 1 heterocycles. The highest BCUT2D eigenvalue weighted by atomic mass is 16.5. The summed E-state index contributed by atoms with van der Waals surface area (Å²) in [5.74, 6) is 1.13. The lowest BCUT2D eigenvalue weighted by Gasteiger charge is -2.19. The maximum Gasteiger partial charge on any atom is 0.251 e. The fourth-order valence-electron chi connectivity index (χ4n) is 1.63. The van der Waals surface area contributed by atoms with Crippen LogP contribution in [0.15, 0.2) is 10.9 Å². The first-order valence-corrected chi connectivity index (χ1v) is 5.59. The Labute approximate surface area is 96.1 Å². The summed E-state index contributed by atoms with van der Waals surface area (Å²) in [6, 6.07) is 1.54. The third kappa shape index (κ3) is 2.92. The van der Waals surface area contributed by atoms with Crippen molar-refractivity contribution in [2.75, 3.05) is 7.11 Å². The van der Waals surface area contributed by atoms with Gasteiger partial charge in [-0.1, -0.05) is 27.7 Å². The van der Waals surface area contributed by atoms with Crippen molar-refractivity contribution < 1.29 is 4.74 Å². The van der Waals surface area contributed by atoms with Crippen molar-refractivity contribution in [2.24, 2.45) is 5.92 Å². The molecular formula is C12H20N2O2. The highest BCUT2D eigenvalue weighted by molar-refractivity contribution is 5.08. The van der Waals surface area contributed by atoms with Gasteiger partial charge in [-0.3, -0.25) is 4.79 Å². The smallest absolute Gasteiger partial charge is 0.251 e. The fraction of sp³-hybridized carbons (Fsp3) is 0.667. The van der Waals surface area contributed by atoms with Gasteiger partial charge in [-0.2, -0.15) is 0 Å². The van der Waals surface area contributed by atoms with E-state index < -0.39 is 0 Å². The number of rotatable bonds is 4. The van der Waals surface area contributed by atoms with Gasteiger partial charge in [0.1, 0.15) is 11.9 Å². The second-order valence-corrected chi connectivity index (χ2v) is 4.61. The Hall–Kier alpha value is -1.16. The first kappa shape index (κ1) is 12.9. The Morgan fingerprint density at radius 2 is 1.94 bits per heavy atom. The Kier molecular flexibility index (Phi) is 4.24. The molecule has 0 aromatic carbocycles. The zero-order valence-electron chi connectivity index (χ0n) is 10.6. The first-order valence-electron chi connectivity index (χ1n) is 5.59. The van der Waals surface area contributed by atoms with Crippen LogP contribution in [0.4, 0.5) is 0 Å². The number of aromatic amines is 1. The standard InChI is InChI=1S/C12H20N2O2/c1-7(2)9-6-10(15)14-12(13-9)11(16-5)8(3)4/h6-8,11H,1-5H3,(H,13,14,15). The second-order valence-electron chi connectivity index (χ2n) is 4.61. The number of ether oxygens (including phenoxy) is 1. The average Bonchev–Trinajstić information content (AvgIpc) is 2.17. The molecule has 0 spiro atoms. The summed E-state index contributed by atoms with van der Waals surface area (Å²) in [5.41, 5.74) is 0.692. The molecule has 0 saturated carbocycles. The van der Waals surface area contributed by atoms with Crippen LogP contribution in [0, 0.1) is 5.92 Å². The quantitative estimate of drug-likeness (QED) is 0.853. The molecular weight excluding hydrogens is 204 g/mol. The van der Waals surface area contributed by atoms with E-state index in [1.54, 1.807) is 13.2 Å². The van der Waals surface area contributed by atoms with Gasteiger partial charge in [0.05, 0.1) is 5.69 Å². The molecule has 1 unspecified atom stereocenters. The molecule has 1 aromatic rings. The van der Waals surface area contributed by atoms with Gasteiger partial charge >= 0.3 is 0 Å². The molecule has 4 nitrogen and oxygen atoms in total. The lowest BCUT2D eigenvalue weighted by Crippen LogP contribution is -2.20. The summed E-state index contributed by atoms with van der Waals surface area (Å²) < 4.78 is 5.35. The Bertz CT molecular complexity index is 396. The van der Waals surface area contributed by atoms with E-state index in [4.69, 9.17) is 4.74 Å². The lowest BCUT2D eigenvalue weighted by atomic mass is 10.1. The Balaban J connectivity index is 3.18. The summed E-state index contributed by atoms with van der Waals surface area (Å²) >= 11 is 0. The van der Waals surface area contributed by atoms with Gasteiger partial charge in [-0.25, -0.2) is 4.98 Å². The molecule has 0 saturated heterocycles. The van der Waals surface area contributed by atoms with Crippen molar-refractivity contribution in [2.45, 2.75) is 39.7 Å². The maximum atomic E-state index is 11.5. The topological polar surface area (TPSA) is 55.0 Å². The molecule has 0 aliphatic heterocycles. The van der Waals surface area contributed by atoms with Gasteiger partial charge in [-0.15, -0.1) is 0 Å². The highest BCUT2D eigenvalue weighted by Gasteiger charge is 2.18. The SMILES string of the molecule is COC(c1nc(C(C)C)cc(=O)[nH]1)C(C)C. The zero-order valence-corrected chi connectivity index (χ0v) is 10.6. The van der Waals surface area contributed by atoms with E-state index >= 15 is 0 Å². The van der Waals surface area contributed by atoms with Gasteiger partial charge in [-0.05, 0) is 11.8 Å². The van der Waals surface area contributed by atoms with Crippen LogP contribution in [0.25, 0.3) is 0 Å². The maximum absolute atomic E-state index is 11.5. The van der Waals surface area contributed by atoms with Gasteiger partial charge in [0, 0.05) is 13.2 Å².